The van der Waals surface area contributed by atoms with Gasteiger partial charge < -0.3 is 26.8 Å². The summed E-state index contributed by atoms with van der Waals surface area (Å²) in [5, 5.41) is 16.7. The summed E-state index contributed by atoms with van der Waals surface area (Å²) in [5.41, 5.74) is 5.93. The van der Waals surface area contributed by atoms with Gasteiger partial charge in [-0.25, -0.2) is 0 Å². The Morgan fingerprint density at radius 2 is 1.31 bits per heavy atom. The molecule has 0 radical (unpaired) electrons. The van der Waals surface area contributed by atoms with Gasteiger partial charge in [-0.1, -0.05) is 48.0 Å². The van der Waals surface area contributed by atoms with Crippen LogP contribution >= 0.6 is 0 Å². The molecule has 9 nitrogen and oxygen atoms in total. The smallest absolute Gasteiger partial charge is 0.325 e. The number of rotatable bonds is 12. The molecule has 3 amide bonds. The molecule has 0 bridgehead atoms. The Labute approximate surface area is 173 Å². The molecule has 0 spiro atoms. The van der Waals surface area contributed by atoms with Crippen molar-refractivity contribution in [3.05, 3.63) is 0 Å². The van der Waals surface area contributed by atoms with Crippen molar-refractivity contribution in [3.8, 4) is 0 Å². The van der Waals surface area contributed by atoms with E-state index >= 15 is 0 Å². The number of amides is 3. The molecule has 0 saturated carbocycles. The van der Waals surface area contributed by atoms with Crippen molar-refractivity contribution in [1.29, 1.82) is 0 Å². The summed E-state index contributed by atoms with van der Waals surface area (Å²) in [6.07, 6.45) is 1.12. The molecule has 9 heteroatoms. The van der Waals surface area contributed by atoms with E-state index in [2.05, 4.69) is 16.0 Å². The van der Waals surface area contributed by atoms with Crippen LogP contribution in [0, 0.1) is 17.8 Å². The van der Waals surface area contributed by atoms with Gasteiger partial charge in [0, 0.05) is 0 Å². The van der Waals surface area contributed by atoms with Gasteiger partial charge in [0.2, 0.25) is 17.7 Å². The quantitative estimate of drug-likeness (QED) is 0.316. The third-order valence-electron chi connectivity index (χ3n) is 4.83. The second-order valence-corrected chi connectivity index (χ2v) is 8.41. The maximum absolute atomic E-state index is 12.9. The zero-order valence-corrected chi connectivity index (χ0v) is 18.6. The van der Waals surface area contributed by atoms with Crippen LogP contribution in [0.3, 0.4) is 0 Å². The summed E-state index contributed by atoms with van der Waals surface area (Å²) in [5.74, 6) is -2.90. The number of carboxylic acid groups (broad SMARTS) is 1. The van der Waals surface area contributed by atoms with Gasteiger partial charge in [0.05, 0.1) is 6.04 Å². The van der Waals surface area contributed by atoms with Gasteiger partial charge in [-0.2, -0.15) is 0 Å². The molecule has 0 aliphatic carbocycles. The van der Waals surface area contributed by atoms with Crippen molar-refractivity contribution in [3.63, 3.8) is 0 Å². The maximum Gasteiger partial charge on any atom is 0.325 e. The zero-order valence-electron chi connectivity index (χ0n) is 18.6. The fourth-order valence-electron chi connectivity index (χ4n) is 2.72. The first-order valence-electron chi connectivity index (χ1n) is 10.2. The molecule has 0 aliphatic rings. The van der Waals surface area contributed by atoms with E-state index in [0.29, 0.717) is 12.8 Å². The van der Waals surface area contributed by atoms with Crippen LogP contribution in [0.1, 0.15) is 61.3 Å². The van der Waals surface area contributed by atoms with Crippen molar-refractivity contribution < 1.29 is 24.3 Å². The summed E-state index contributed by atoms with van der Waals surface area (Å²) in [7, 11) is 0. The van der Waals surface area contributed by atoms with Crippen LogP contribution in [0.2, 0.25) is 0 Å². The van der Waals surface area contributed by atoms with Crippen molar-refractivity contribution in [2.24, 2.45) is 23.5 Å². The van der Waals surface area contributed by atoms with Crippen LogP contribution in [-0.2, 0) is 19.2 Å². The number of carbonyl (C=O) groups is 4. The zero-order chi connectivity index (χ0) is 22.9. The minimum absolute atomic E-state index is 0.181. The largest absolute Gasteiger partial charge is 0.480 e. The molecule has 0 fully saturated rings. The Kier molecular flexibility index (Phi) is 11.5. The Bertz CT molecular complexity index is 579. The molecule has 0 aliphatic heterocycles. The number of hydrogen-bond acceptors (Lipinski definition) is 5. The fraction of sp³-hybridized carbons (Fsp3) is 0.800. The van der Waals surface area contributed by atoms with Crippen molar-refractivity contribution >= 4 is 23.7 Å². The third kappa shape index (κ3) is 9.25. The number of nitrogens with two attached hydrogens (primary N) is 1. The minimum atomic E-state index is -1.17. The highest BCUT2D eigenvalue weighted by atomic mass is 16.4. The van der Waals surface area contributed by atoms with Gasteiger partial charge in [0.1, 0.15) is 18.1 Å². The van der Waals surface area contributed by atoms with Gasteiger partial charge in [-0.3, -0.25) is 19.2 Å². The van der Waals surface area contributed by atoms with E-state index in [-0.39, 0.29) is 17.8 Å². The molecule has 0 saturated heterocycles. The van der Waals surface area contributed by atoms with Gasteiger partial charge in [0.25, 0.3) is 0 Å². The molecule has 6 N–H and O–H groups in total. The lowest BCUT2D eigenvalue weighted by atomic mass is 9.95. The van der Waals surface area contributed by atoms with Crippen LogP contribution in [0.25, 0.3) is 0 Å². The summed E-state index contributed by atoms with van der Waals surface area (Å²) in [6.45, 7) is 12.5. The average Bonchev–Trinajstić information content (AvgIpc) is 2.61. The summed E-state index contributed by atoms with van der Waals surface area (Å²) in [6, 6.07) is -3.59. The molecule has 0 aromatic heterocycles. The lowest BCUT2D eigenvalue weighted by molar-refractivity contribution is -0.142. The topological polar surface area (TPSA) is 151 Å². The molecule has 0 aromatic rings. The van der Waals surface area contributed by atoms with Gasteiger partial charge in [-0.05, 0) is 31.1 Å². The highest BCUT2D eigenvalue weighted by molar-refractivity contribution is 5.94. The number of carboxylic acids is 1. The highest BCUT2D eigenvalue weighted by Crippen LogP contribution is 2.11. The summed E-state index contributed by atoms with van der Waals surface area (Å²) in [4.78, 5) is 48.8. The lowest BCUT2D eigenvalue weighted by Crippen LogP contribution is -2.59. The summed E-state index contributed by atoms with van der Waals surface area (Å²) >= 11 is 0. The highest BCUT2D eigenvalue weighted by Gasteiger charge is 2.33. The third-order valence-corrected chi connectivity index (χ3v) is 4.83. The maximum atomic E-state index is 12.9. The standard InChI is InChI=1S/C20H38N4O5/c1-8-12(6)16(24-17(25)14(21)9-10(2)3)19(27)23-15(11(4)5)18(26)22-13(7)20(28)29/h10-16H,8-9,21H2,1-7H3,(H,22,26)(H,23,27)(H,24,25)(H,28,29)/t12-,13-,14-,15-,16-/m0/s1. The van der Waals surface area contributed by atoms with Crippen LogP contribution in [-0.4, -0.2) is 53.0 Å². The van der Waals surface area contributed by atoms with Gasteiger partial charge in [0.15, 0.2) is 0 Å². The molecule has 5 atom stereocenters. The number of hydrogen-bond donors (Lipinski definition) is 5. The van der Waals surface area contributed by atoms with Crippen molar-refractivity contribution in [1.82, 2.24) is 16.0 Å². The molecule has 0 heterocycles. The molecule has 29 heavy (non-hydrogen) atoms. The van der Waals surface area contributed by atoms with E-state index in [9.17, 15) is 19.2 Å². The van der Waals surface area contributed by atoms with Crippen LogP contribution in [0.5, 0.6) is 0 Å². The number of aliphatic carboxylic acids is 1. The normalized spacial score (nSPS) is 16.5. The fourth-order valence-corrected chi connectivity index (χ4v) is 2.72. The second kappa shape index (κ2) is 12.4. The first-order chi connectivity index (χ1) is 13.3. The first-order valence-corrected chi connectivity index (χ1v) is 10.2. The van der Waals surface area contributed by atoms with E-state index in [1.807, 2.05) is 27.7 Å². The van der Waals surface area contributed by atoms with Crippen LogP contribution in [0.15, 0.2) is 0 Å². The molecule has 0 aromatic carbocycles. The second-order valence-electron chi connectivity index (χ2n) is 8.41. The summed E-state index contributed by atoms with van der Waals surface area (Å²) < 4.78 is 0. The predicted molar refractivity (Wildman–Crippen MR) is 111 cm³/mol. The van der Waals surface area contributed by atoms with Crippen LogP contribution in [0.4, 0.5) is 0 Å². The van der Waals surface area contributed by atoms with E-state index < -0.39 is 47.9 Å². The Morgan fingerprint density at radius 1 is 0.828 bits per heavy atom. The SMILES string of the molecule is CC[C@H](C)[C@H](NC(=O)[C@@H](N)CC(C)C)C(=O)N[C@H](C(=O)N[C@@H](C)C(=O)O)C(C)C. The Hall–Kier alpha value is -2.16. The molecule has 0 rings (SSSR count). The molecule has 0 unspecified atom stereocenters. The average molecular weight is 415 g/mol. The predicted octanol–water partition coefficient (Wildman–Crippen LogP) is 0.621. The molecular weight excluding hydrogens is 376 g/mol. The van der Waals surface area contributed by atoms with E-state index in [1.54, 1.807) is 13.8 Å². The van der Waals surface area contributed by atoms with Gasteiger partial charge in [-0.15, -0.1) is 0 Å². The lowest BCUT2D eigenvalue weighted by Gasteiger charge is -2.29. The number of carbonyl (C=O) groups excluding carboxylic acids is 3. The Balaban J connectivity index is 5.33. The van der Waals surface area contributed by atoms with Crippen molar-refractivity contribution in [2.75, 3.05) is 0 Å². The monoisotopic (exact) mass is 414 g/mol. The molecule has 168 valence electrons. The van der Waals surface area contributed by atoms with Crippen molar-refractivity contribution in [2.45, 2.75) is 85.5 Å². The number of nitrogens with one attached hydrogen (secondary N) is 3. The Morgan fingerprint density at radius 3 is 1.72 bits per heavy atom. The first kappa shape index (κ1) is 26.8. The van der Waals surface area contributed by atoms with Crippen LogP contribution < -0.4 is 21.7 Å². The van der Waals surface area contributed by atoms with E-state index in [4.69, 9.17) is 10.8 Å². The molecular formula is C20H38N4O5. The van der Waals surface area contributed by atoms with Gasteiger partial charge >= 0.3 is 5.97 Å². The van der Waals surface area contributed by atoms with E-state index in [0.717, 1.165) is 0 Å². The van der Waals surface area contributed by atoms with E-state index in [1.165, 1.54) is 6.92 Å². The minimum Gasteiger partial charge on any atom is -0.480 e.